The van der Waals surface area contributed by atoms with Crippen molar-refractivity contribution in [3.8, 4) is 5.75 Å². The summed E-state index contributed by atoms with van der Waals surface area (Å²) in [6.45, 7) is 11.1. The number of hydrogen-bond acceptors (Lipinski definition) is 3. The third kappa shape index (κ3) is 3.75. The number of ether oxygens (including phenoxy) is 1. The Morgan fingerprint density at radius 3 is 2.38 bits per heavy atom. The number of imidazole rings is 1. The first-order valence-corrected chi connectivity index (χ1v) is 9.20. The molecule has 1 atom stereocenters. The van der Waals surface area contributed by atoms with Crippen molar-refractivity contribution in [3.05, 3.63) is 58.9 Å². The number of rotatable bonds is 6. The number of para-hydroxylation sites is 2. The Morgan fingerprint density at radius 1 is 1.08 bits per heavy atom. The van der Waals surface area contributed by atoms with Gasteiger partial charge in [-0.25, -0.2) is 4.98 Å². The molecule has 0 saturated heterocycles. The fraction of sp³-hybridized carbons (Fsp3) is 0.409. The topological polar surface area (TPSA) is 47.3 Å². The average molecular weight is 352 g/mol. The molecule has 0 aliphatic heterocycles. The van der Waals surface area contributed by atoms with Gasteiger partial charge in [0.2, 0.25) is 0 Å². The minimum atomic E-state index is -0.606. The summed E-state index contributed by atoms with van der Waals surface area (Å²) in [7, 11) is 0. The van der Waals surface area contributed by atoms with Crippen molar-refractivity contribution in [2.45, 2.75) is 53.2 Å². The minimum absolute atomic E-state index is 0.259. The van der Waals surface area contributed by atoms with Gasteiger partial charge < -0.3 is 14.4 Å². The first kappa shape index (κ1) is 18.5. The van der Waals surface area contributed by atoms with Gasteiger partial charge in [0.1, 0.15) is 24.3 Å². The Morgan fingerprint density at radius 2 is 1.73 bits per heavy atom. The van der Waals surface area contributed by atoms with Crippen molar-refractivity contribution in [2.75, 3.05) is 6.61 Å². The lowest BCUT2D eigenvalue weighted by Gasteiger charge is -2.18. The molecule has 138 valence electrons. The quantitative estimate of drug-likeness (QED) is 0.709. The van der Waals surface area contributed by atoms with Crippen LogP contribution < -0.4 is 4.74 Å². The maximum atomic E-state index is 10.6. The summed E-state index contributed by atoms with van der Waals surface area (Å²) >= 11 is 0. The van der Waals surface area contributed by atoms with Gasteiger partial charge in [0, 0.05) is 5.92 Å². The zero-order valence-corrected chi connectivity index (χ0v) is 16.3. The number of aliphatic hydroxyl groups is 1. The zero-order chi connectivity index (χ0) is 18.8. The highest BCUT2D eigenvalue weighted by Crippen LogP contribution is 2.25. The molecule has 3 aromatic rings. The molecule has 0 bridgehead atoms. The van der Waals surface area contributed by atoms with Gasteiger partial charge in [0.05, 0.1) is 17.6 Å². The predicted molar refractivity (Wildman–Crippen MR) is 106 cm³/mol. The number of aliphatic hydroxyl groups excluding tert-OH is 1. The van der Waals surface area contributed by atoms with Crippen molar-refractivity contribution >= 4 is 11.0 Å². The maximum Gasteiger partial charge on any atom is 0.125 e. The molecule has 1 N–H and O–H groups in total. The van der Waals surface area contributed by atoms with E-state index in [-0.39, 0.29) is 12.5 Å². The van der Waals surface area contributed by atoms with Gasteiger partial charge in [-0.1, -0.05) is 43.7 Å². The average Bonchev–Trinajstić information content (AvgIpc) is 2.93. The van der Waals surface area contributed by atoms with Crippen LogP contribution in [0.4, 0.5) is 0 Å². The van der Waals surface area contributed by atoms with E-state index < -0.39 is 6.10 Å². The summed E-state index contributed by atoms with van der Waals surface area (Å²) in [6, 6.07) is 12.3. The molecule has 4 nitrogen and oxygen atoms in total. The summed E-state index contributed by atoms with van der Waals surface area (Å²) < 4.78 is 8.08. The highest BCUT2D eigenvalue weighted by molar-refractivity contribution is 5.76. The molecule has 0 fully saturated rings. The van der Waals surface area contributed by atoms with Gasteiger partial charge in [0.25, 0.3) is 0 Å². The number of hydrogen-bond donors (Lipinski definition) is 1. The monoisotopic (exact) mass is 352 g/mol. The molecular weight excluding hydrogens is 324 g/mol. The van der Waals surface area contributed by atoms with Crippen LogP contribution in [0.15, 0.2) is 36.4 Å². The molecule has 26 heavy (non-hydrogen) atoms. The van der Waals surface area contributed by atoms with E-state index in [9.17, 15) is 5.11 Å². The first-order valence-electron chi connectivity index (χ1n) is 9.20. The highest BCUT2D eigenvalue weighted by Gasteiger charge is 2.17. The van der Waals surface area contributed by atoms with Crippen LogP contribution in [0.1, 0.15) is 42.3 Å². The fourth-order valence-electron chi connectivity index (χ4n) is 3.56. The lowest BCUT2D eigenvalue weighted by Crippen LogP contribution is -2.25. The fourth-order valence-corrected chi connectivity index (χ4v) is 3.56. The maximum absolute atomic E-state index is 10.6. The molecule has 0 aliphatic rings. The van der Waals surface area contributed by atoms with Gasteiger partial charge in [-0.3, -0.25) is 0 Å². The number of nitrogens with zero attached hydrogens (tertiary/aromatic N) is 2. The summed E-state index contributed by atoms with van der Waals surface area (Å²) in [5.41, 5.74) is 5.45. The second kappa shape index (κ2) is 7.50. The summed E-state index contributed by atoms with van der Waals surface area (Å²) in [5, 5.41) is 10.6. The third-order valence-electron chi connectivity index (χ3n) is 4.62. The normalized spacial score (nSPS) is 12.7. The van der Waals surface area contributed by atoms with E-state index >= 15 is 0 Å². The molecule has 0 radical (unpaired) electrons. The summed E-state index contributed by atoms with van der Waals surface area (Å²) in [5.74, 6) is 2.15. The van der Waals surface area contributed by atoms with E-state index in [0.29, 0.717) is 6.54 Å². The Labute approximate surface area is 155 Å². The molecule has 1 aromatic heterocycles. The van der Waals surface area contributed by atoms with Crippen LogP contribution in [-0.4, -0.2) is 27.4 Å². The standard InChI is InChI=1S/C22H28N2O2/c1-14(2)22-23-19-8-6-7-9-20(19)24(22)12-18(25)13-26-21-16(4)10-15(3)11-17(21)5/h6-11,14,18,25H,12-13H2,1-5H3. The van der Waals surface area contributed by atoms with E-state index in [1.54, 1.807) is 0 Å². The Hall–Kier alpha value is -2.33. The molecule has 2 aromatic carbocycles. The van der Waals surface area contributed by atoms with E-state index in [1.165, 1.54) is 5.56 Å². The molecule has 3 rings (SSSR count). The second-order valence-electron chi connectivity index (χ2n) is 7.42. The number of aromatic nitrogens is 2. The predicted octanol–water partition coefficient (Wildman–Crippen LogP) is 4.52. The Bertz CT molecular complexity index is 889. The van der Waals surface area contributed by atoms with Gasteiger partial charge >= 0.3 is 0 Å². The van der Waals surface area contributed by atoms with Gasteiger partial charge in [0.15, 0.2) is 0 Å². The lowest BCUT2D eigenvalue weighted by atomic mass is 10.1. The second-order valence-corrected chi connectivity index (χ2v) is 7.42. The van der Waals surface area contributed by atoms with E-state index in [0.717, 1.165) is 33.7 Å². The highest BCUT2D eigenvalue weighted by atomic mass is 16.5. The minimum Gasteiger partial charge on any atom is -0.490 e. The van der Waals surface area contributed by atoms with Crippen molar-refractivity contribution in [1.29, 1.82) is 0 Å². The van der Waals surface area contributed by atoms with Crippen molar-refractivity contribution in [1.82, 2.24) is 9.55 Å². The zero-order valence-electron chi connectivity index (χ0n) is 16.3. The summed E-state index contributed by atoms with van der Waals surface area (Å²) in [6.07, 6.45) is -0.606. The molecule has 0 aliphatic carbocycles. The van der Waals surface area contributed by atoms with Crippen LogP contribution in [0.5, 0.6) is 5.75 Å². The largest absolute Gasteiger partial charge is 0.490 e. The molecule has 1 unspecified atom stereocenters. The molecule has 1 heterocycles. The molecule has 0 amide bonds. The number of fused-ring (bicyclic) bond motifs is 1. The van der Waals surface area contributed by atoms with Crippen LogP contribution in [0.2, 0.25) is 0 Å². The van der Waals surface area contributed by atoms with Crippen molar-refractivity contribution < 1.29 is 9.84 Å². The molecule has 0 spiro atoms. The van der Waals surface area contributed by atoms with E-state index in [2.05, 4.69) is 43.5 Å². The smallest absolute Gasteiger partial charge is 0.125 e. The van der Waals surface area contributed by atoms with Gasteiger partial charge in [-0.15, -0.1) is 0 Å². The van der Waals surface area contributed by atoms with E-state index in [4.69, 9.17) is 9.72 Å². The van der Waals surface area contributed by atoms with E-state index in [1.807, 2.05) is 32.0 Å². The lowest BCUT2D eigenvalue weighted by molar-refractivity contribution is 0.0919. The number of aryl methyl sites for hydroxylation is 3. The number of benzene rings is 2. The molecule has 4 heteroatoms. The van der Waals surface area contributed by atoms with Crippen LogP contribution in [0.3, 0.4) is 0 Å². The first-order chi connectivity index (χ1) is 12.4. The van der Waals surface area contributed by atoms with Crippen LogP contribution >= 0.6 is 0 Å². The van der Waals surface area contributed by atoms with Crippen molar-refractivity contribution in [3.63, 3.8) is 0 Å². The third-order valence-corrected chi connectivity index (χ3v) is 4.62. The van der Waals surface area contributed by atoms with Gasteiger partial charge in [-0.05, 0) is 44.0 Å². The Kier molecular flexibility index (Phi) is 5.33. The Balaban J connectivity index is 1.78. The SMILES string of the molecule is Cc1cc(C)c(OCC(O)Cn2c(C(C)C)nc3ccccc32)c(C)c1. The van der Waals surface area contributed by atoms with Gasteiger partial charge in [-0.2, -0.15) is 0 Å². The van der Waals surface area contributed by atoms with Crippen LogP contribution in [-0.2, 0) is 6.54 Å². The van der Waals surface area contributed by atoms with Crippen LogP contribution in [0.25, 0.3) is 11.0 Å². The molecular formula is C22H28N2O2. The van der Waals surface area contributed by atoms with Crippen LogP contribution in [0, 0.1) is 20.8 Å². The summed E-state index contributed by atoms with van der Waals surface area (Å²) in [4.78, 5) is 4.73. The molecule has 0 saturated carbocycles. The van der Waals surface area contributed by atoms with Crippen molar-refractivity contribution in [2.24, 2.45) is 0 Å².